The van der Waals surface area contributed by atoms with Gasteiger partial charge in [-0.2, -0.15) is 0 Å². The van der Waals surface area contributed by atoms with Gasteiger partial charge in [0.1, 0.15) is 5.82 Å². The molecule has 0 fully saturated rings. The van der Waals surface area contributed by atoms with Crippen LogP contribution in [0, 0.1) is 5.82 Å². The van der Waals surface area contributed by atoms with Crippen LogP contribution in [0.5, 0.6) is 0 Å². The van der Waals surface area contributed by atoms with Crippen LogP contribution >= 0.6 is 12.2 Å². The molecular weight excluding hydrogens is 263 g/mol. The number of rotatable bonds is 7. The van der Waals surface area contributed by atoms with E-state index in [2.05, 4.69) is 0 Å². The lowest BCUT2D eigenvalue weighted by Gasteiger charge is -2.22. The van der Waals surface area contributed by atoms with Gasteiger partial charge >= 0.3 is 0 Å². The molecule has 1 rings (SSSR count). The third-order valence-electron chi connectivity index (χ3n) is 2.74. The molecular formula is C14H19FN2OS. The first-order valence-corrected chi connectivity index (χ1v) is 6.74. The van der Waals surface area contributed by atoms with Crippen LogP contribution in [-0.2, 0) is 11.2 Å². The van der Waals surface area contributed by atoms with Gasteiger partial charge in [-0.1, -0.05) is 31.3 Å². The van der Waals surface area contributed by atoms with Crippen molar-refractivity contribution in [1.82, 2.24) is 4.90 Å². The molecule has 104 valence electrons. The molecule has 19 heavy (non-hydrogen) atoms. The minimum Gasteiger partial charge on any atom is -0.393 e. The molecule has 0 heterocycles. The van der Waals surface area contributed by atoms with Gasteiger partial charge in [0, 0.05) is 19.5 Å². The maximum Gasteiger partial charge on any atom is 0.227 e. The minimum absolute atomic E-state index is 0.0182. The van der Waals surface area contributed by atoms with Gasteiger partial charge in [-0.05, 0) is 24.1 Å². The lowest BCUT2D eigenvalue weighted by molar-refractivity contribution is -0.130. The van der Waals surface area contributed by atoms with Crippen molar-refractivity contribution in [2.75, 3.05) is 13.1 Å². The fraction of sp³-hybridized carbons (Fsp3) is 0.429. The van der Waals surface area contributed by atoms with Crippen LogP contribution in [-0.4, -0.2) is 28.9 Å². The second-order valence-electron chi connectivity index (χ2n) is 4.40. The number of carbonyl (C=O) groups is 1. The predicted octanol–water partition coefficient (Wildman–Crippen LogP) is 2.28. The van der Waals surface area contributed by atoms with Crippen molar-refractivity contribution in [2.45, 2.75) is 26.2 Å². The van der Waals surface area contributed by atoms with Crippen molar-refractivity contribution in [3.63, 3.8) is 0 Å². The van der Waals surface area contributed by atoms with E-state index < -0.39 is 0 Å². The average Bonchev–Trinajstić information content (AvgIpc) is 2.37. The first-order valence-electron chi connectivity index (χ1n) is 6.33. The number of thiocarbonyl (C=S) groups is 1. The molecule has 0 spiro atoms. The molecule has 1 aromatic rings. The van der Waals surface area contributed by atoms with Crippen LogP contribution < -0.4 is 5.73 Å². The van der Waals surface area contributed by atoms with Crippen molar-refractivity contribution in [3.8, 4) is 0 Å². The van der Waals surface area contributed by atoms with Gasteiger partial charge in [0.2, 0.25) is 5.91 Å². The van der Waals surface area contributed by atoms with E-state index in [4.69, 9.17) is 18.0 Å². The Labute approximate surface area is 118 Å². The average molecular weight is 282 g/mol. The van der Waals surface area contributed by atoms with Crippen molar-refractivity contribution in [2.24, 2.45) is 5.73 Å². The van der Waals surface area contributed by atoms with Crippen molar-refractivity contribution in [1.29, 1.82) is 0 Å². The van der Waals surface area contributed by atoms with E-state index in [9.17, 15) is 9.18 Å². The van der Waals surface area contributed by atoms with Crippen LogP contribution in [0.2, 0.25) is 0 Å². The molecule has 0 aromatic heterocycles. The maximum atomic E-state index is 12.8. The SMILES string of the molecule is CCCN(CCC(N)=S)C(=O)Cc1ccc(F)cc1. The fourth-order valence-corrected chi connectivity index (χ4v) is 1.86. The van der Waals surface area contributed by atoms with Crippen molar-refractivity contribution < 1.29 is 9.18 Å². The standard InChI is InChI=1S/C14H19FN2OS/c1-2-8-17(9-7-13(16)19)14(18)10-11-3-5-12(15)6-4-11/h3-6H,2,7-10H2,1H3,(H2,16,19). The van der Waals surface area contributed by atoms with E-state index in [1.807, 2.05) is 6.92 Å². The molecule has 0 aliphatic rings. The summed E-state index contributed by atoms with van der Waals surface area (Å²) in [6, 6.07) is 5.99. The maximum absolute atomic E-state index is 12.8. The highest BCUT2D eigenvalue weighted by Gasteiger charge is 2.13. The monoisotopic (exact) mass is 282 g/mol. The number of hydrogen-bond donors (Lipinski definition) is 1. The van der Waals surface area contributed by atoms with Gasteiger partial charge in [0.05, 0.1) is 11.4 Å². The second-order valence-corrected chi connectivity index (χ2v) is 4.92. The van der Waals surface area contributed by atoms with Crippen LogP contribution in [0.1, 0.15) is 25.3 Å². The summed E-state index contributed by atoms with van der Waals surface area (Å²) in [5.74, 6) is -0.278. The summed E-state index contributed by atoms with van der Waals surface area (Å²) in [6.45, 7) is 3.24. The van der Waals surface area contributed by atoms with Crippen LogP contribution in [0.15, 0.2) is 24.3 Å². The molecule has 3 nitrogen and oxygen atoms in total. The highest BCUT2D eigenvalue weighted by Crippen LogP contribution is 2.06. The minimum atomic E-state index is -0.296. The number of nitrogens with zero attached hydrogens (tertiary/aromatic N) is 1. The zero-order valence-electron chi connectivity index (χ0n) is 11.1. The molecule has 0 bridgehead atoms. The van der Waals surface area contributed by atoms with Gasteiger partial charge in [-0.3, -0.25) is 4.79 Å². The normalized spacial score (nSPS) is 10.2. The zero-order chi connectivity index (χ0) is 14.3. The molecule has 0 unspecified atom stereocenters. The molecule has 5 heteroatoms. The largest absolute Gasteiger partial charge is 0.393 e. The molecule has 0 aliphatic heterocycles. The molecule has 0 saturated heterocycles. The number of benzene rings is 1. The molecule has 0 aliphatic carbocycles. The first-order chi connectivity index (χ1) is 9.02. The lowest BCUT2D eigenvalue weighted by Crippen LogP contribution is -2.35. The van der Waals surface area contributed by atoms with Crippen LogP contribution in [0.4, 0.5) is 4.39 Å². The lowest BCUT2D eigenvalue weighted by atomic mass is 10.1. The molecule has 1 aromatic carbocycles. The predicted molar refractivity (Wildman–Crippen MR) is 78.4 cm³/mol. The highest BCUT2D eigenvalue weighted by atomic mass is 32.1. The summed E-state index contributed by atoms with van der Waals surface area (Å²) in [7, 11) is 0. The molecule has 0 radical (unpaired) electrons. The van der Waals surface area contributed by atoms with E-state index in [-0.39, 0.29) is 18.1 Å². The van der Waals surface area contributed by atoms with E-state index >= 15 is 0 Å². The molecule has 0 saturated carbocycles. The Morgan fingerprint density at radius 2 is 1.95 bits per heavy atom. The molecule has 2 N–H and O–H groups in total. The van der Waals surface area contributed by atoms with Gasteiger partial charge < -0.3 is 10.6 Å². The second kappa shape index (κ2) is 7.84. The van der Waals surface area contributed by atoms with Gasteiger partial charge in [-0.15, -0.1) is 0 Å². The molecule has 1 amide bonds. The Bertz CT molecular complexity index is 434. The summed E-state index contributed by atoms with van der Waals surface area (Å²) >= 11 is 4.83. The van der Waals surface area contributed by atoms with Gasteiger partial charge in [-0.25, -0.2) is 4.39 Å². The fourth-order valence-electron chi connectivity index (χ4n) is 1.76. The Kier molecular flexibility index (Phi) is 6.42. The van der Waals surface area contributed by atoms with Crippen LogP contribution in [0.25, 0.3) is 0 Å². The highest BCUT2D eigenvalue weighted by molar-refractivity contribution is 7.80. The third kappa shape index (κ3) is 5.79. The topological polar surface area (TPSA) is 46.3 Å². The van der Waals surface area contributed by atoms with E-state index in [1.165, 1.54) is 12.1 Å². The summed E-state index contributed by atoms with van der Waals surface area (Å²) in [5, 5.41) is 0. The quantitative estimate of drug-likeness (QED) is 0.780. The Morgan fingerprint density at radius 3 is 2.47 bits per heavy atom. The third-order valence-corrected chi connectivity index (χ3v) is 2.95. The first kappa shape index (κ1) is 15.6. The van der Waals surface area contributed by atoms with E-state index in [0.29, 0.717) is 24.5 Å². The number of halogens is 1. The zero-order valence-corrected chi connectivity index (χ0v) is 11.9. The summed E-state index contributed by atoms with van der Waals surface area (Å²) in [6.07, 6.45) is 1.69. The summed E-state index contributed by atoms with van der Waals surface area (Å²) in [4.78, 5) is 14.3. The number of amides is 1. The van der Waals surface area contributed by atoms with Gasteiger partial charge in [0.15, 0.2) is 0 Å². The van der Waals surface area contributed by atoms with Gasteiger partial charge in [0.25, 0.3) is 0 Å². The summed E-state index contributed by atoms with van der Waals surface area (Å²) in [5.41, 5.74) is 6.27. The Balaban J connectivity index is 2.60. The van der Waals surface area contributed by atoms with Crippen LogP contribution in [0.3, 0.4) is 0 Å². The van der Waals surface area contributed by atoms with Crippen molar-refractivity contribution in [3.05, 3.63) is 35.6 Å². The van der Waals surface area contributed by atoms with Crippen molar-refractivity contribution >= 4 is 23.1 Å². The van der Waals surface area contributed by atoms with E-state index in [0.717, 1.165) is 12.0 Å². The summed E-state index contributed by atoms with van der Waals surface area (Å²) < 4.78 is 12.8. The smallest absolute Gasteiger partial charge is 0.227 e. The number of carbonyl (C=O) groups excluding carboxylic acids is 1. The Hall–Kier alpha value is -1.49. The van der Waals surface area contributed by atoms with E-state index in [1.54, 1.807) is 17.0 Å². The number of hydrogen-bond acceptors (Lipinski definition) is 2. The molecule has 0 atom stereocenters. The Morgan fingerprint density at radius 1 is 1.32 bits per heavy atom. The number of nitrogens with two attached hydrogens (primary N) is 1.